The van der Waals surface area contributed by atoms with Gasteiger partial charge in [0, 0.05) is 52.1 Å². The molecule has 2 heterocycles. The van der Waals surface area contributed by atoms with Crippen molar-refractivity contribution in [1.29, 1.82) is 0 Å². The van der Waals surface area contributed by atoms with Gasteiger partial charge in [-0.05, 0) is 12.3 Å². The number of carbonyl (C=O) groups is 2. The van der Waals surface area contributed by atoms with Crippen LogP contribution in [-0.4, -0.2) is 72.2 Å². The zero-order valence-corrected chi connectivity index (χ0v) is 20.0. The van der Waals surface area contributed by atoms with Crippen LogP contribution in [-0.2, 0) is 20.9 Å². The fraction of sp³-hybridized carbons (Fsp3) is 0.727. The number of nitrogen functional groups attached to an aromatic ring is 1. The average Bonchev–Trinajstić information content (AvgIpc) is 2.77. The summed E-state index contributed by atoms with van der Waals surface area (Å²) in [4.78, 5) is 55.9. The van der Waals surface area contributed by atoms with Crippen molar-refractivity contribution >= 4 is 23.3 Å². The number of amides is 2. The Labute approximate surface area is 194 Å². The highest BCUT2D eigenvalue weighted by molar-refractivity contribution is 5.97. The van der Waals surface area contributed by atoms with Crippen LogP contribution in [0.15, 0.2) is 9.59 Å². The number of rotatable bonds is 12. The molecule has 1 aliphatic rings. The molecule has 0 spiro atoms. The normalized spacial score (nSPS) is 14.4. The SMILES string of the molecule is CCCCn1c(N)c(N(CC(C)C)C(=O)CCC(=O)NCCN2CCOCC2)c(=O)[nH]c1=O. The van der Waals surface area contributed by atoms with Gasteiger partial charge in [0.2, 0.25) is 11.8 Å². The molecule has 2 rings (SSSR count). The van der Waals surface area contributed by atoms with Crippen LogP contribution in [0.3, 0.4) is 0 Å². The summed E-state index contributed by atoms with van der Waals surface area (Å²) in [5.74, 6) is -0.590. The Balaban J connectivity index is 2.05. The minimum absolute atomic E-state index is 0.00379. The summed E-state index contributed by atoms with van der Waals surface area (Å²) < 4.78 is 6.60. The number of aromatic amines is 1. The second kappa shape index (κ2) is 13.1. The Hall–Kier alpha value is -2.66. The standard InChI is InChI=1S/C22H38N6O5/c1-4-5-9-27-20(23)19(21(31)25-22(27)32)28(15-16(2)3)18(30)7-6-17(29)24-8-10-26-11-13-33-14-12-26/h16H,4-15,23H2,1-3H3,(H,24,29)(H,25,31,32). The molecule has 33 heavy (non-hydrogen) atoms. The quantitative estimate of drug-likeness (QED) is 0.397. The van der Waals surface area contributed by atoms with Crippen molar-refractivity contribution in [1.82, 2.24) is 19.8 Å². The molecule has 0 atom stereocenters. The van der Waals surface area contributed by atoms with Crippen LogP contribution in [0.4, 0.5) is 11.5 Å². The van der Waals surface area contributed by atoms with E-state index in [1.807, 2.05) is 20.8 Å². The van der Waals surface area contributed by atoms with Crippen molar-refractivity contribution in [2.75, 3.05) is 56.6 Å². The van der Waals surface area contributed by atoms with Gasteiger partial charge in [-0.1, -0.05) is 27.2 Å². The molecule has 2 amide bonds. The average molecular weight is 467 g/mol. The van der Waals surface area contributed by atoms with Crippen LogP contribution in [0.25, 0.3) is 0 Å². The molecule has 11 nitrogen and oxygen atoms in total. The minimum atomic E-state index is -0.700. The number of morpholine rings is 1. The van der Waals surface area contributed by atoms with Gasteiger partial charge >= 0.3 is 5.69 Å². The van der Waals surface area contributed by atoms with Gasteiger partial charge in [0.1, 0.15) is 5.82 Å². The molecule has 1 saturated heterocycles. The van der Waals surface area contributed by atoms with Gasteiger partial charge in [0.05, 0.1) is 13.2 Å². The van der Waals surface area contributed by atoms with Gasteiger partial charge in [-0.25, -0.2) is 4.79 Å². The Kier molecular flexibility index (Phi) is 10.6. The number of nitrogens with one attached hydrogen (secondary N) is 2. The smallest absolute Gasteiger partial charge is 0.330 e. The van der Waals surface area contributed by atoms with Gasteiger partial charge in [-0.15, -0.1) is 0 Å². The summed E-state index contributed by atoms with van der Waals surface area (Å²) in [5, 5.41) is 2.84. The van der Waals surface area contributed by atoms with E-state index < -0.39 is 11.2 Å². The largest absolute Gasteiger partial charge is 0.383 e. The van der Waals surface area contributed by atoms with Crippen LogP contribution in [0.1, 0.15) is 46.5 Å². The van der Waals surface area contributed by atoms with E-state index in [0.29, 0.717) is 32.7 Å². The van der Waals surface area contributed by atoms with E-state index in [4.69, 9.17) is 10.5 Å². The Morgan fingerprint density at radius 1 is 1.18 bits per heavy atom. The van der Waals surface area contributed by atoms with Gasteiger partial charge < -0.3 is 20.7 Å². The number of unbranched alkanes of at least 4 members (excludes halogenated alkanes) is 1. The Bertz CT molecular complexity index is 904. The van der Waals surface area contributed by atoms with Crippen molar-refractivity contribution in [3.05, 3.63) is 20.8 Å². The third-order valence-electron chi connectivity index (χ3n) is 5.49. The molecule has 0 aliphatic carbocycles. The van der Waals surface area contributed by atoms with Gasteiger partial charge in [0.25, 0.3) is 5.56 Å². The number of aromatic nitrogens is 2. The highest BCUT2D eigenvalue weighted by Crippen LogP contribution is 2.20. The number of H-pyrrole nitrogens is 1. The summed E-state index contributed by atoms with van der Waals surface area (Å²) in [6.07, 6.45) is 1.49. The van der Waals surface area contributed by atoms with Crippen LogP contribution in [0.2, 0.25) is 0 Å². The van der Waals surface area contributed by atoms with Crippen molar-refractivity contribution in [2.45, 2.75) is 53.0 Å². The molecule has 0 radical (unpaired) electrons. The lowest BCUT2D eigenvalue weighted by atomic mass is 10.1. The molecule has 0 unspecified atom stereocenters. The van der Waals surface area contributed by atoms with E-state index in [2.05, 4.69) is 15.2 Å². The molecule has 0 saturated carbocycles. The first-order valence-electron chi connectivity index (χ1n) is 11.7. The van der Waals surface area contributed by atoms with Gasteiger partial charge in [-0.3, -0.25) is 28.8 Å². The number of anilines is 2. The molecule has 1 aromatic heterocycles. The number of nitrogens with zero attached hydrogens (tertiary/aromatic N) is 3. The second-order valence-corrected chi connectivity index (χ2v) is 8.70. The first-order chi connectivity index (χ1) is 15.7. The third kappa shape index (κ3) is 8.01. The lowest BCUT2D eigenvalue weighted by Gasteiger charge is -2.27. The maximum atomic E-state index is 13.0. The summed E-state index contributed by atoms with van der Waals surface area (Å²) in [5.41, 5.74) is 4.87. The van der Waals surface area contributed by atoms with E-state index in [1.165, 1.54) is 9.47 Å². The first-order valence-corrected chi connectivity index (χ1v) is 11.7. The van der Waals surface area contributed by atoms with E-state index in [1.54, 1.807) is 0 Å². The monoisotopic (exact) mass is 466 g/mol. The van der Waals surface area contributed by atoms with E-state index in [-0.39, 0.29) is 48.6 Å². The van der Waals surface area contributed by atoms with Crippen molar-refractivity contribution in [3.8, 4) is 0 Å². The fourth-order valence-corrected chi connectivity index (χ4v) is 3.68. The van der Waals surface area contributed by atoms with Crippen molar-refractivity contribution < 1.29 is 14.3 Å². The van der Waals surface area contributed by atoms with Crippen LogP contribution >= 0.6 is 0 Å². The summed E-state index contributed by atoms with van der Waals surface area (Å²) >= 11 is 0. The lowest BCUT2D eigenvalue weighted by molar-refractivity contribution is -0.125. The summed E-state index contributed by atoms with van der Waals surface area (Å²) in [6.45, 7) is 10.7. The van der Waals surface area contributed by atoms with E-state index >= 15 is 0 Å². The Morgan fingerprint density at radius 3 is 2.52 bits per heavy atom. The maximum Gasteiger partial charge on any atom is 0.330 e. The van der Waals surface area contributed by atoms with Crippen molar-refractivity contribution in [3.63, 3.8) is 0 Å². The Morgan fingerprint density at radius 2 is 1.88 bits per heavy atom. The number of ether oxygens (including phenoxy) is 1. The number of nitrogens with two attached hydrogens (primary N) is 1. The molecule has 1 fully saturated rings. The molecule has 1 aromatic rings. The molecule has 4 N–H and O–H groups in total. The van der Waals surface area contributed by atoms with E-state index in [9.17, 15) is 19.2 Å². The predicted octanol–water partition coefficient (Wildman–Crippen LogP) is 0.137. The number of hydrogen-bond donors (Lipinski definition) is 3. The topological polar surface area (TPSA) is 143 Å². The fourth-order valence-electron chi connectivity index (χ4n) is 3.68. The molecular weight excluding hydrogens is 428 g/mol. The molecule has 0 bridgehead atoms. The lowest BCUT2D eigenvalue weighted by Crippen LogP contribution is -2.43. The summed E-state index contributed by atoms with van der Waals surface area (Å²) in [7, 11) is 0. The second-order valence-electron chi connectivity index (χ2n) is 8.70. The highest BCUT2D eigenvalue weighted by atomic mass is 16.5. The summed E-state index contributed by atoms with van der Waals surface area (Å²) in [6, 6.07) is 0. The van der Waals surface area contributed by atoms with Gasteiger partial charge in [-0.2, -0.15) is 0 Å². The van der Waals surface area contributed by atoms with Crippen LogP contribution in [0.5, 0.6) is 0 Å². The molecule has 1 aliphatic heterocycles. The van der Waals surface area contributed by atoms with Crippen LogP contribution in [0, 0.1) is 5.92 Å². The molecule has 11 heteroatoms. The zero-order valence-electron chi connectivity index (χ0n) is 20.0. The maximum absolute atomic E-state index is 13.0. The third-order valence-corrected chi connectivity index (χ3v) is 5.49. The zero-order chi connectivity index (χ0) is 24.4. The minimum Gasteiger partial charge on any atom is -0.383 e. The number of carbonyl (C=O) groups excluding carboxylic acids is 2. The van der Waals surface area contributed by atoms with Gasteiger partial charge in [0.15, 0.2) is 5.69 Å². The van der Waals surface area contributed by atoms with Crippen LogP contribution < -0.4 is 27.2 Å². The molecule has 0 aromatic carbocycles. The van der Waals surface area contributed by atoms with E-state index in [0.717, 1.165) is 26.1 Å². The first kappa shape index (κ1) is 26.6. The number of hydrogen-bond acceptors (Lipinski definition) is 7. The van der Waals surface area contributed by atoms with Crippen molar-refractivity contribution in [2.24, 2.45) is 5.92 Å². The predicted molar refractivity (Wildman–Crippen MR) is 127 cm³/mol. The highest BCUT2D eigenvalue weighted by Gasteiger charge is 2.25. The molecular formula is C22H38N6O5. The molecule has 186 valence electrons.